The highest BCUT2D eigenvalue weighted by molar-refractivity contribution is 9.09. The number of alkyl halides is 3. The molecule has 2 atom stereocenters. The van der Waals surface area contributed by atoms with Gasteiger partial charge >= 0.3 is 13.9 Å². The Kier molecular flexibility index (Phi) is 4.41. The summed E-state index contributed by atoms with van der Waals surface area (Å²) in [5.41, 5.74) is -0.956. The number of phosphoric ester groups is 1. The van der Waals surface area contributed by atoms with Crippen LogP contribution in [0.5, 0.6) is 0 Å². The normalized spacial score (nSPS) is 26.6. The maximum Gasteiger partial charge on any atom is 0.474 e. The highest BCUT2D eigenvalue weighted by atomic mass is 79.9. The molecule has 0 bridgehead atoms. The lowest BCUT2D eigenvalue weighted by molar-refractivity contribution is -0.160. The molecule has 9 heteroatoms. The van der Waals surface area contributed by atoms with Crippen molar-refractivity contribution in [2.24, 2.45) is 0 Å². The molecule has 1 heterocycles. The Morgan fingerprint density at radius 3 is 2.04 bits per heavy atom. The third-order valence-electron chi connectivity index (χ3n) is 4.73. The molecule has 2 aliphatic rings. The van der Waals surface area contributed by atoms with E-state index in [9.17, 15) is 13.3 Å². The second-order valence-electron chi connectivity index (χ2n) is 6.38. The summed E-state index contributed by atoms with van der Waals surface area (Å²) in [6.45, 7) is 0. The molecule has 1 aliphatic carbocycles. The third kappa shape index (κ3) is 2.88. The minimum Gasteiger partial charge on any atom is -0.472 e. The molecule has 0 radical (unpaired) electrons. The number of benzene rings is 2. The minimum absolute atomic E-state index is 0.419. The van der Waals surface area contributed by atoms with E-state index < -0.39 is 29.4 Å². The van der Waals surface area contributed by atoms with Gasteiger partial charge in [-0.1, -0.05) is 76.6 Å². The number of fused-ring (bicyclic) bond motifs is 1. The molecular weight excluding hydrogens is 457 g/mol. The van der Waals surface area contributed by atoms with Crippen LogP contribution in [0, 0.1) is 0 Å². The molecule has 5 nitrogen and oxygen atoms in total. The summed E-state index contributed by atoms with van der Waals surface area (Å²) in [4.78, 5) is 18.0. The van der Waals surface area contributed by atoms with Crippen molar-refractivity contribution in [3.05, 3.63) is 95.3 Å². The van der Waals surface area contributed by atoms with E-state index in [0.29, 0.717) is 16.9 Å². The van der Waals surface area contributed by atoms with Crippen molar-refractivity contribution in [1.29, 1.82) is 0 Å². The molecule has 2 N–H and O–H groups in total. The molecule has 1 fully saturated rings. The average molecular weight is 471 g/mol. The first-order valence-electron chi connectivity index (χ1n) is 8.18. The number of rotatable bonds is 5. The summed E-state index contributed by atoms with van der Waals surface area (Å²) in [6.07, 6.45) is -1.84. The summed E-state index contributed by atoms with van der Waals surface area (Å²) >= 11 is 3.47. The topological polar surface area (TPSA) is 79.3 Å². The monoisotopic (exact) mass is 470 g/mol. The Labute approximate surface area is 167 Å². The molecule has 28 heavy (non-hydrogen) atoms. The van der Waals surface area contributed by atoms with Gasteiger partial charge in [0.2, 0.25) is 5.60 Å². The summed E-state index contributed by atoms with van der Waals surface area (Å²) in [7, 11) is -5.48. The fraction of sp³-hybridized carbons (Fsp3) is 0.158. The second-order valence-corrected chi connectivity index (χ2v) is 8.74. The van der Waals surface area contributed by atoms with Gasteiger partial charge in [0.05, 0.1) is 5.57 Å². The van der Waals surface area contributed by atoms with E-state index in [-0.39, 0.29) is 0 Å². The van der Waals surface area contributed by atoms with Gasteiger partial charge in [-0.25, -0.2) is 9.09 Å². The van der Waals surface area contributed by atoms with Gasteiger partial charge in [0.1, 0.15) is 10.1 Å². The van der Waals surface area contributed by atoms with Crippen LogP contribution in [0.15, 0.2) is 84.1 Å². The Bertz CT molecular complexity index is 1020. The average Bonchev–Trinajstić information content (AvgIpc) is 3.38. The molecule has 0 aromatic heterocycles. The quantitative estimate of drug-likeness (QED) is 0.375. The lowest BCUT2D eigenvalue weighted by Gasteiger charge is -2.39. The molecule has 4 rings (SSSR count). The second kappa shape index (κ2) is 6.34. The van der Waals surface area contributed by atoms with Gasteiger partial charge in [0.15, 0.2) is 0 Å². The Balaban J connectivity index is 1.94. The number of ether oxygens (including phenoxy) is 1. The largest absolute Gasteiger partial charge is 0.474 e. The lowest BCUT2D eigenvalue weighted by atomic mass is 9.73. The molecular formula is C19H14BrF2O5P. The van der Waals surface area contributed by atoms with Crippen molar-refractivity contribution in [2.75, 3.05) is 0 Å². The Morgan fingerprint density at radius 1 is 0.964 bits per heavy atom. The summed E-state index contributed by atoms with van der Waals surface area (Å²) in [5, 5.41) is 0. The predicted molar refractivity (Wildman–Crippen MR) is 100 cm³/mol. The first kappa shape index (κ1) is 19.5. The molecule has 0 saturated carbocycles. The van der Waals surface area contributed by atoms with E-state index in [0.717, 1.165) is 6.08 Å². The van der Waals surface area contributed by atoms with Crippen molar-refractivity contribution < 1.29 is 32.4 Å². The van der Waals surface area contributed by atoms with E-state index in [1.807, 2.05) is 0 Å². The first-order chi connectivity index (χ1) is 13.1. The number of hydrogen-bond donors (Lipinski definition) is 2. The number of epoxide rings is 1. The molecule has 146 valence electrons. The zero-order chi connectivity index (χ0) is 20.2. The van der Waals surface area contributed by atoms with E-state index in [4.69, 9.17) is 14.5 Å². The van der Waals surface area contributed by atoms with Crippen molar-refractivity contribution in [2.45, 2.75) is 16.0 Å². The van der Waals surface area contributed by atoms with Crippen LogP contribution in [-0.2, 0) is 23.8 Å². The number of phosphoric acid groups is 1. The molecule has 2 unspecified atom stereocenters. The van der Waals surface area contributed by atoms with Crippen molar-refractivity contribution >= 4 is 23.8 Å². The fourth-order valence-corrected chi connectivity index (χ4v) is 5.12. The van der Waals surface area contributed by atoms with Gasteiger partial charge in [-0.2, -0.15) is 8.78 Å². The van der Waals surface area contributed by atoms with Crippen LogP contribution in [0.25, 0.3) is 0 Å². The molecule has 2 aromatic rings. The number of halogens is 3. The van der Waals surface area contributed by atoms with Crippen LogP contribution < -0.4 is 0 Å². The zero-order valence-electron chi connectivity index (χ0n) is 14.1. The summed E-state index contributed by atoms with van der Waals surface area (Å²) in [6, 6.07) is 17.1. The molecule has 1 saturated heterocycles. The van der Waals surface area contributed by atoms with Crippen LogP contribution in [0.4, 0.5) is 8.78 Å². The van der Waals surface area contributed by atoms with E-state index in [2.05, 4.69) is 20.5 Å². The Morgan fingerprint density at radius 2 is 1.50 bits per heavy atom. The van der Waals surface area contributed by atoms with E-state index >= 15 is 0 Å². The van der Waals surface area contributed by atoms with Gasteiger partial charge in [-0.15, -0.1) is 0 Å². The number of hydrogen-bond acceptors (Lipinski definition) is 3. The van der Waals surface area contributed by atoms with E-state index in [1.165, 1.54) is 6.08 Å². The van der Waals surface area contributed by atoms with Crippen molar-refractivity contribution in [3.63, 3.8) is 0 Å². The SMILES string of the molecule is O=P(O)(O)OC(F)(F)C1=CC=C2OC2(c2ccccc2)C1(Br)c1ccccc1. The zero-order valence-corrected chi connectivity index (χ0v) is 16.6. The maximum atomic E-state index is 15.0. The first-order valence-corrected chi connectivity index (χ1v) is 10.5. The molecule has 0 spiro atoms. The minimum atomic E-state index is -5.48. The van der Waals surface area contributed by atoms with Gasteiger partial charge in [0.25, 0.3) is 0 Å². The van der Waals surface area contributed by atoms with Crippen molar-refractivity contribution in [3.8, 4) is 0 Å². The summed E-state index contributed by atoms with van der Waals surface area (Å²) in [5.74, 6) is 0.454. The van der Waals surface area contributed by atoms with Crippen LogP contribution >= 0.6 is 23.8 Å². The predicted octanol–water partition coefficient (Wildman–Crippen LogP) is 4.73. The van der Waals surface area contributed by atoms with Gasteiger partial charge < -0.3 is 14.5 Å². The van der Waals surface area contributed by atoms with Crippen LogP contribution in [0.3, 0.4) is 0 Å². The fourth-order valence-electron chi connectivity index (χ4n) is 3.59. The standard InChI is InChI=1S/C19H14BrF2O5P/c20-17(13-7-3-1-4-8-13)15(19(21,22)27-28(23,24)25)11-12-16-18(17,26-16)14-9-5-2-6-10-14/h1-12H,(H2,23,24,25). The maximum absolute atomic E-state index is 15.0. The Hall–Kier alpha value is -1.83. The van der Waals surface area contributed by atoms with Crippen molar-refractivity contribution in [1.82, 2.24) is 0 Å². The van der Waals surface area contributed by atoms with Gasteiger partial charge in [-0.3, -0.25) is 0 Å². The molecule has 0 amide bonds. The smallest absolute Gasteiger partial charge is 0.472 e. The highest BCUT2D eigenvalue weighted by Gasteiger charge is 2.74. The van der Waals surface area contributed by atoms with E-state index in [1.54, 1.807) is 60.7 Å². The van der Waals surface area contributed by atoms with Crippen LogP contribution in [0.2, 0.25) is 0 Å². The lowest BCUT2D eigenvalue weighted by Crippen LogP contribution is -2.44. The highest BCUT2D eigenvalue weighted by Crippen LogP contribution is 2.71. The number of allylic oxidation sites excluding steroid dienone is 2. The van der Waals surface area contributed by atoms with Gasteiger partial charge in [0, 0.05) is 5.56 Å². The molecule has 1 aliphatic heterocycles. The van der Waals surface area contributed by atoms with Crippen LogP contribution in [-0.4, -0.2) is 15.9 Å². The summed E-state index contributed by atoms with van der Waals surface area (Å²) < 4.78 is 49.2. The molecule has 2 aromatic carbocycles. The van der Waals surface area contributed by atoms with Crippen LogP contribution in [0.1, 0.15) is 11.1 Å². The third-order valence-corrected chi connectivity index (χ3v) is 6.64. The van der Waals surface area contributed by atoms with Gasteiger partial charge in [-0.05, 0) is 17.7 Å².